The number of carbonyl (C=O) groups is 2. The molecule has 0 aromatic carbocycles. The average Bonchev–Trinajstić information content (AvgIpc) is 3.75. The first kappa shape index (κ1) is 86.7. The van der Waals surface area contributed by atoms with Crippen LogP contribution in [0.5, 0.6) is 0 Å². The van der Waals surface area contributed by atoms with Crippen LogP contribution < -0.4 is 5.73 Å². The van der Waals surface area contributed by atoms with Gasteiger partial charge in [0.15, 0.2) is 6.10 Å². The van der Waals surface area contributed by atoms with E-state index in [4.69, 9.17) is 24.3 Å². The van der Waals surface area contributed by atoms with Crippen molar-refractivity contribution in [1.82, 2.24) is 0 Å². The van der Waals surface area contributed by atoms with E-state index < -0.39 is 26.5 Å². The lowest BCUT2D eigenvalue weighted by Gasteiger charge is -2.19. The maximum Gasteiger partial charge on any atom is 0.472 e. The van der Waals surface area contributed by atoms with Crippen LogP contribution >= 0.6 is 7.82 Å². The van der Waals surface area contributed by atoms with Crippen LogP contribution in [0.15, 0.2) is 109 Å². The molecule has 0 aromatic rings. The normalized spacial score (nSPS) is 13.5. The Balaban J connectivity index is 3.88. The second kappa shape index (κ2) is 74.7. The largest absolute Gasteiger partial charge is 0.472 e. The summed E-state index contributed by atoms with van der Waals surface area (Å²) in [6.07, 6.45) is 104. The monoisotopic (exact) mass is 1280 g/mol. The van der Waals surface area contributed by atoms with Gasteiger partial charge in [0.05, 0.1) is 13.2 Å². The van der Waals surface area contributed by atoms with Crippen LogP contribution in [0.3, 0.4) is 0 Å². The number of hydrogen-bond acceptors (Lipinski definition) is 8. The van der Waals surface area contributed by atoms with E-state index in [1.807, 2.05) is 0 Å². The van der Waals surface area contributed by atoms with E-state index in [9.17, 15) is 19.0 Å². The topological polar surface area (TPSA) is 134 Å². The van der Waals surface area contributed by atoms with Crippen molar-refractivity contribution in [2.75, 3.05) is 26.4 Å². The highest BCUT2D eigenvalue weighted by atomic mass is 31.2. The van der Waals surface area contributed by atoms with Gasteiger partial charge in [0, 0.05) is 19.4 Å². The van der Waals surface area contributed by atoms with Crippen LogP contribution in [0.4, 0.5) is 0 Å². The number of phosphoric acid groups is 1. The molecule has 0 fully saturated rings. The molecule has 0 aliphatic carbocycles. The molecule has 2 unspecified atom stereocenters. The SMILES string of the molecule is CC/C=C\C/C=C\C/C=C\C/C=C\C/C=C\C/C=C\C/C=C\C/C=C\C/C=C\CCCCCC(=O)OC(COC(=O)CCCCCCCCCCCCCCCCCCCCCCCCCCCCCCCCCCCCCCCC)COP(=O)(O)OCCN. The zero-order chi connectivity index (χ0) is 65.1. The lowest BCUT2D eigenvalue weighted by Crippen LogP contribution is -2.29. The van der Waals surface area contributed by atoms with E-state index in [0.717, 1.165) is 96.3 Å². The number of carbonyl (C=O) groups excluding carboxylic acids is 2. The third kappa shape index (κ3) is 73.7. The summed E-state index contributed by atoms with van der Waals surface area (Å²) in [6.45, 7) is 3.63. The number of rotatable bonds is 71. The standard InChI is InChI=1S/C80H142NO8P/c1-3-5-7-9-11-13-15-17-19-21-23-25-27-29-31-33-35-36-37-38-39-40-41-43-44-46-48-50-52-54-56-58-60-62-64-66-68-70-72-79(82)86-76-78(77-88-90(84,85)87-75-74-81)89-80(83)73-71-69-67-65-63-61-59-57-55-53-51-49-47-45-42-34-32-30-28-26-24-22-20-18-16-14-12-10-8-6-4-2/h6,8,12,14,18,20,24,26,30,32,42,45,49,51,55,57,61,63,78H,3-5,7,9-11,13,15-17,19,21-23,25,27-29,31,33-41,43-44,46-48,50,52-54,56,58-60,62,64-77,81H2,1-2H3,(H,84,85)/b8-6-,14-12-,20-18-,26-24-,32-30-,45-42-,51-49-,57-55-,63-61-. The van der Waals surface area contributed by atoms with Crippen LogP contribution in [-0.2, 0) is 32.7 Å². The van der Waals surface area contributed by atoms with Crippen LogP contribution in [-0.4, -0.2) is 49.3 Å². The molecule has 520 valence electrons. The van der Waals surface area contributed by atoms with Gasteiger partial charge < -0.3 is 20.1 Å². The van der Waals surface area contributed by atoms with Crippen LogP contribution in [0.1, 0.15) is 354 Å². The fraction of sp³-hybridized carbons (Fsp3) is 0.750. The summed E-state index contributed by atoms with van der Waals surface area (Å²) in [5, 5.41) is 0. The molecule has 90 heavy (non-hydrogen) atoms. The summed E-state index contributed by atoms with van der Waals surface area (Å²) >= 11 is 0. The minimum Gasteiger partial charge on any atom is -0.462 e. The van der Waals surface area contributed by atoms with Gasteiger partial charge in [-0.25, -0.2) is 4.57 Å². The van der Waals surface area contributed by atoms with Gasteiger partial charge in [-0.2, -0.15) is 0 Å². The Morgan fingerprint density at radius 1 is 0.344 bits per heavy atom. The molecule has 10 heteroatoms. The highest BCUT2D eigenvalue weighted by Crippen LogP contribution is 2.43. The maximum atomic E-state index is 12.8. The third-order valence-electron chi connectivity index (χ3n) is 16.4. The van der Waals surface area contributed by atoms with Crippen molar-refractivity contribution in [3.8, 4) is 0 Å². The van der Waals surface area contributed by atoms with Crippen molar-refractivity contribution in [2.24, 2.45) is 5.73 Å². The van der Waals surface area contributed by atoms with Gasteiger partial charge in [-0.3, -0.25) is 18.6 Å². The lowest BCUT2D eigenvalue weighted by atomic mass is 10.0. The quantitative estimate of drug-likeness (QED) is 0.0264. The Morgan fingerprint density at radius 2 is 0.611 bits per heavy atom. The van der Waals surface area contributed by atoms with E-state index in [0.29, 0.717) is 6.42 Å². The highest BCUT2D eigenvalue weighted by molar-refractivity contribution is 7.47. The summed E-state index contributed by atoms with van der Waals surface area (Å²) in [4.78, 5) is 35.4. The number of allylic oxidation sites excluding steroid dienone is 18. The first-order valence-electron chi connectivity index (χ1n) is 37.9. The van der Waals surface area contributed by atoms with Crippen LogP contribution in [0, 0.1) is 0 Å². The molecular weight excluding hydrogens is 1130 g/mol. The number of ether oxygens (including phenoxy) is 2. The molecular formula is C80H142NO8P. The van der Waals surface area contributed by atoms with Crippen molar-refractivity contribution in [1.29, 1.82) is 0 Å². The fourth-order valence-corrected chi connectivity index (χ4v) is 11.6. The number of esters is 2. The predicted molar refractivity (Wildman–Crippen MR) is 390 cm³/mol. The first-order chi connectivity index (χ1) is 44.3. The zero-order valence-electron chi connectivity index (χ0n) is 58.6. The van der Waals surface area contributed by atoms with Crippen LogP contribution in [0.25, 0.3) is 0 Å². The van der Waals surface area contributed by atoms with E-state index in [1.54, 1.807) is 0 Å². The summed E-state index contributed by atoms with van der Waals surface area (Å²) in [5.74, 6) is -0.860. The average molecular weight is 1280 g/mol. The predicted octanol–water partition coefficient (Wildman–Crippen LogP) is 25.3. The Morgan fingerprint density at radius 3 is 0.911 bits per heavy atom. The maximum absolute atomic E-state index is 12.8. The molecule has 0 aromatic heterocycles. The Labute approximate surface area is 556 Å². The fourth-order valence-electron chi connectivity index (χ4n) is 10.9. The summed E-state index contributed by atoms with van der Waals surface area (Å²) in [5.41, 5.74) is 5.40. The van der Waals surface area contributed by atoms with E-state index in [-0.39, 0.29) is 38.6 Å². The molecule has 0 radical (unpaired) electrons. The Hall–Kier alpha value is -3.33. The number of phosphoric ester groups is 1. The number of nitrogens with two attached hydrogens (primary N) is 1. The molecule has 0 saturated heterocycles. The molecule has 0 aliphatic rings. The third-order valence-corrected chi connectivity index (χ3v) is 17.4. The Bertz CT molecular complexity index is 1850. The summed E-state index contributed by atoms with van der Waals surface area (Å²) in [7, 11) is -4.41. The van der Waals surface area contributed by atoms with Gasteiger partial charge in [0.1, 0.15) is 6.61 Å². The van der Waals surface area contributed by atoms with Crippen LogP contribution in [0.2, 0.25) is 0 Å². The van der Waals surface area contributed by atoms with Crippen molar-refractivity contribution >= 4 is 19.8 Å². The molecule has 0 bridgehead atoms. The number of unbranched alkanes of at least 4 members (excludes halogenated alkanes) is 40. The molecule has 9 nitrogen and oxygen atoms in total. The summed E-state index contributed by atoms with van der Waals surface area (Å²) in [6, 6.07) is 0. The molecule has 3 N–H and O–H groups in total. The smallest absolute Gasteiger partial charge is 0.462 e. The number of hydrogen-bond donors (Lipinski definition) is 2. The van der Waals surface area contributed by atoms with Gasteiger partial charge in [-0.15, -0.1) is 0 Å². The summed E-state index contributed by atoms with van der Waals surface area (Å²) < 4.78 is 33.2. The Kier molecular flexibility index (Phi) is 71.9. The lowest BCUT2D eigenvalue weighted by molar-refractivity contribution is -0.161. The molecule has 0 saturated carbocycles. The van der Waals surface area contributed by atoms with Crippen molar-refractivity contribution < 1.29 is 37.6 Å². The van der Waals surface area contributed by atoms with Crippen molar-refractivity contribution in [3.05, 3.63) is 109 Å². The van der Waals surface area contributed by atoms with E-state index in [2.05, 4.69) is 123 Å². The second-order valence-electron chi connectivity index (χ2n) is 25.1. The first-order valence-corrected chi connectivity index (χ1v) is 39.4. The molecule has 0 aliphatic heterocycles. The molecule has 0 heterocycles. The second-order valence-corrected chi connectivity index (χ2v) is 26.6. The minimum atomic E-state index is -4.41. The van der Waals surface area contributed by atoms with E-state index >= 15 is 0 Å². The highest BCUT2D eigenvalue weighted by Gasteiger charge is 2.26. The minimum absolute atomic E-state index is 0.0434. The van der Waals surface area contributed by atoms with Gasteiger partial charge in [0.25, 0.3) is 0 Å². The molecule has 0 rings (SSSR count). The zero-order valence-corrected chi connectivity index (χ0v) is 59.5. The van der Waals surface area contributed by atoms with Gasteiger partial charge in [0.2, 0.25) is 0 Å². The van der Waals surface area contributed by atoms with Crippen molar-refractivity contribution in [3.63, 3.8) is 0 Å². The van der Waals surface area contributed by atoms with Gasteiger partial charge in [-0.05, 0) is 83.5 Å². The molecule has 0 spiro atoms. The molecule has 2 atom stereocenters. The van der Waals surface area contributed by atoms with Gasteiger partial charge >= 0.3 is 19.8 Å². The van der Waals surface area contributed by atoms with Crippen molar-refractivity contribution in [2.45, 2.75) is 360 Å². The molecule has 0 amide bonds. The van der Waals surface area contributed by atoms with Gasteiger partial charge in [-0.1, -0.05) is 367 Å². The van der Waals surface area contributed by atoms with E-state index in [1.165, 1.54) is 225 Å².